The summed E-state index contributed by atoms with van der Waals surface area (Å²) >= 11 is 5.93. The lowest BCUT2D eigenvalue weighted by Gasteiger charge is -2.21. The topological polar surface area (TPSA) is 46.3 Å². The van der Waals surface area contributed by atoms with E-state index in [1.54, 1.807) is 6.07 Å². The standard InChI is InChI=1S/C16H23ClN2O/c1-2-3-12-5-7-16(20)19(9-8-12)11-13-4-6-14(17)15(18)10-13/h4,6,10,12H,2-3,5,7-9,11,18H2,1H3. The molecule has 1 amide bonds. The van der Waals surface area contributed by atoms with Crippen LogP contribution in [-0.2, 0) is 11.3 Å². The molecular weight excluding hydrogens is 272 g/mol. The summed E-state index contributed by atoms with van der Waals surface area (Å²) in [7, 11) is 0. The van der Waals surface area contributed by atoms with Crippen molar-refractivity contribution in [1.82, 2.24) is 4.90 Å². The molecule has 1 fully saturated rings. The Morgan fingerprint density at radius 2 is 2.20 bits per heavy atom. The van der Waals surface area contributed by atoms with Crippen LogP contribution in [0, 0.1) is 5.92 Å². The van der Waals surface area contributed by atoms with E-state index < -0.39 is 0 Å². The van der Waals surface area contributed by atoms with E-state index in [4.69, 9.17) is 17.3 Å². The van der Waals surface area contributed by atoms with Gasteiger partial charge in [0.1, 0.15) is 0 Å². The molecule has 20 heavy (non-hydrogen) atoms. The van der Waals surface area contributed by atoms with Crippen LogP contribution in [0.25, 0.3) is 0 Å². The number of likely N-dealkylation sites (tertiary alicyclic amines) is 1. The molecule has 1 saturated heterocycles. The minimum atomic E-state index is 0.261. The van der Waals surface area contributed by atoms with E-state index in [0.29, 0.717) is 29.6 Å². The summed E-state index contributed by atoms with van der Waals surface area (Å²) in [6.07, 6.45) is 5.25. The third-order valence-corrected chi connectivity index (χ3v) is 4.40. The Kier molecular flexibility index (Phi) is 5.30. The molecule has 0 bridgehead atoms. The lowest BCUT2D eigenvalue weighted by Crippen LogP contribution is -2.29. The number of carbonyl (C=O) groups is 1. The van der Waals surface area contributed by atoms with Crippen molar-refractivity contribution in [2.24, 2.45) is 5.92 Å². The molecule has 0 radical (unpaired) electrons. The van der Waals surface area contributed by atoms with Gasteiger partial charge in [0.15, 0.2) is 0 Å². The molecule has 2 N–H and O–H groups in total. The molecule has 1 aromatic rings. The highest BCUT2D eigenvalue weighted by molar-refractivity contribution is 6.33. The van der Waals surface area contributed by atoms with Crippen molar-refractivity contribution in [2.75, 3.05) is 12.3 Å². The second-order valence-electron chi connectivity index (χ2n) is 5.65. The number of anilines is 1. The van der Waals surface area contributed by atoms with Crippen LogP contribution in [0.5, 0.6) is 0 Å². The summed E-state index contributed by atoms with van der Waals surface area (Å²) in [5, 5.41) is 0.568. The third-order valence-electron chi connectivity index (χ3n) is 4.06. The Morgan fingerprint density at radius 3 is 2.90 bits per heavy atom. The molecule has 2 rings (SSSR count). The van der Waals surface area contributed by atoms with E-state index in [9.17, 15) is 4.79 Å². The minimum Gasteiger partial charge on any atom is -0.398 e. The monoisotopic (exact) mass is 294 g/mol. The van der Waals surface area contributed by atoms with Crippen LogP contribution in [0.2, 0.25) is 5.02 Å². The zero-order valence-corrected chi connectivity index (χ0v) is 12.8. The smallest absolute Gasteiger partial charge is 0.222 e. The summed E-state index contributed by atoms with van der Waals surface area (Å²) in [6.45, 7) is 3.70. The second-order valence-corrected chi connectivity index (χ2v) is 6.06. The van der Waals surface area contributed by atoms with E-state index in [1.807, 2.05) is 17.0 Å². The summed E-state index contributed by atoms with van der Waals surface area (Å²) in [5.74, 6) is 0.960. The van der Waals surface area contributed by atoms with Crippen LogP contribution in [0.15, 0.2) is 18.2 Å². The van der Waals surface area contributed by atoms with Gasteiger partial charge in [-0.05, 0) is 36.5 Å². The number of benzene rings is 1. The van der Waals surface area contributed by atoms with Crippen LogP contribution in [-0.4, -0.2) is 17.4 Å². The molecule has 4 heteroatoms. The molecule has 1 heterocycles. The molecule has 0 aliphatic carbocycles. The van der Waals surface area contributed by atoms with E-state index >= 15 is 0 Å². The van der Waals surface area contributed by atoms with E-state index in [2.05, 4.69) is 6.92 Å². The Bertz CT molecular complexity index is 476. The highest BCUT2D eigenvalue weighted by Crippen LogP contribution is 2.25. The number of nitrogens with two attached hydrogens (primary N) is 1. The number of nitrogen functional groups attached to an aromatic ring is 1. The van der Waals surface area contributed by atoms with Crippen molar-refractivity contribution in [1.29, 1.82) is 0 Å². The number of hydrogen-bond donors (Lipinski definition) is 1. The molecule has 3 nitrogen and oxygen atoms in total. The normalized spacial score (nSPS) is 20.0. The fourth-order valence-electron chi connectivity index (χ4n) is 2.87. The summed E-state index contributed by atoms with van der Waals surface area (Å²) in [4.78, 5) is 14.1. The molecule has 1 aliphatic rings. The maximum absolute atomic E-state index is 12.2. The Labute approximate surface area is 126 Å². The second kappa shape index (κ2) is 6.98. The molecule has 1 atom stereocenters. The Morgan fingerprint density at radius 1 is 1.40 bits per heavy atom. The molecule has 0 spiro atoms. The van der Waals surface area contributed by atoms with Crippen LogP contribution >= 0.6 is 11.6 Å². The quantitative estimate of drug-likeness (QED) is 0.857. The van der Waals surface area contributed by atoms with Crippen LogP contribution in [0.4, 0.5) is 5.69 Å². The number of hydrogen-bond acceptors (Lipinski definition) is 2. The lowest BCUT2D eigenvalue weighted by molar-refractivity contribution is -0.131. The number of rotatable bonds is 4. The first-order valence-corrected chi connectivity index (χ1v) is 7.79. The highest BCUT2D eigenvalue weighted by Gasteiger charge is 2.22. The maximum atomic E-state index is 12.2. The summed E-state index contributed by atoms with van der Waals surface area (Å²) in [6, 6.07) is 5.61. The summed E-state index contributed by atoms with van der Waals surface area (Å²) in [5.41, 5.74) is 7.45. The predicted octanol–water partition coefficient (Wildman–Crippen LogP) is 3.85. The first-order chi connectivity index (χ1) is 9.60. The molecule has 1 aromatic carbocycles. The van der Waals surface area contributed by atoms with E-state index in [-0.39, 0.29) is 5.91 Å². The van der Waals surface area contributed by atoms with Gasteiger partial charge in [0.2, 0.25) is 5.91 Å². The first kappa shape index (κ1) is 15.2. The van der Waals surface area contributed by atoms with Crippen molar-refractivity contribution in [2.45, 2.75) is 45.6 Å². The van der Waals surface area contributed by atoms with Gasteiger partial charge < -0.3 is 10.6 Å². The van der Waals surface area contributed by atoms with Crippen molar-refractivity contribution >= 4 is 23.2 Å². The van der Waals surface area contributed by atoms with Gasteiger partial charge in [-0.3, -0.25) is 4.79 Å². The average molecular weight is 295 g/mol. The maximum Gasteiger partial charge on any atom is 0.222 e. The van der Waals surface area contributed by atoms with Gasteiger partial charge in [-0.15, -0.1) is 0 Å². The molecule has 1 unspecified atom stereocenters. The third kappa shape index (κ3) is 3.89. The summed E-state index contributed by atoms with van der Waals surface area (Å²) < 4.78 is 0. The molecule has 0 aromatic heterocycles. The van der Waals surface area contributed by atoms with Gasteiger partial charge in [0.25, 0.3) is 0 Å². The van der Waals surface area contributed by atoms with Gasteiger partial charge in [0, 0.05) is 19.5 Å². The lowest BCUT2D eigenvalue weighted by atomic mass is 9.96. The molecule has 0 saturated carbocycles. The van der Waals surface area contributed by atoms with Gasteiger partial charge in [0.05, 0.1) is 10.7 Å². The Hall–Kier alpha value is -1.22. The fraction of sp³-hybridized carbons (Fsp3) is 0.562. The minimum absolute atomic E-state index is 0.261. The largest absolute Gasteiger partial charge is 0.398 e. The number of carbonyl (C=O) groups excluding carboxylic acids is 1. The molecule has 110 valence electrons. The van der Waals surface area contributed by atoms with Gasteiger partial charge >= 0.3 is 0 Å². The van der Waals surface area contributed by atoms with Crippen LogP contribution < -0.4 is 5.73 Å². The molecular formula is C16H23ClN2O. The number of nitrogens with zero attached hydrogens (tertiary/aromatic N) is 1. The fourth-order valence-corrected chi connectivity index (χ4v) is 2.99. The van der Waals surface area contributed by atoms with Crippen LogP contribution in [0.1, 0.15) is 44.6 Å². The Balaban J connectivity index is 2.00. The van der Waals surface area contributed by atoms with E-state index in [1.165, 1.54) is 12.8 Å². The average Bonchev–Trinajstić information content (AvgIpc) is 2.59. The van der Waals surface area contributed by atoms with Gasteiger partial charge in [-0.25, -0.2) is 0 Å². The van der Waals surface area contributed by atoms with Crippen molar-refractivity contribution in [3.63, 3.8) is 0 Å². The van der Waals surface area contributed by atoms with Crippen LogP contribution in [0.3, 0.4) is 0 Å². The zero-order chi connectivity index (χ0) is 14.5. The van der Waals surface area contributed by atoms with E-state index in [0.717, 1.165) is 24.9 Å². The highest BCUT2D eigenvalue weighted by atomic mass is 35.5. The molecule has 1 aliphatic heterocycles. The zero-order valence-electron chi connectivity index (χ0n) is 12.1. The first-order valence-electron chi connectivity index (χ1n) is 7.41. The predicted molar refractivity (Wildman–Crippen MR) is 83.5 cm³/mol. The van der Waals surface area contributed by atoms with Crippen molar-refractivity contribution in [3.8, 4) is 0 Å². The van der Waals surface area contributed by atoms with Crippen molar-refractivity contribution < 1.29 is 4.79 Å². The SMILES string of the molecule is CCCC1CCC(=O)N(Cc2ccc(Cl)c(N)c2)CC1. The van der Waals surface area contributed by atoms with Gasteiger partial charge in [-0.1, -0.05) is 37.4 Å². The van der Waals surface area contributed by atoms with Crippen molar-refractivity contribution in [3.05, 3.63) is 28.8 Å². The number of amides is 1. The van der Waals surface area contributed by atoms with Gasteiger partial charge in [-0.2, -0.15) is 0 Å². The number of halogens is 1.